The number of nitrogens with zero attached hydrogens (tertiary/aromatic N) is 1. The molecule has 1 aromatic rings. The second kappa shape index (κ2) is 11.1. The van der Waals surface area contributed by atoms with Gasteiger partial charge in [-0.05, 0) is 62.1 Å². The maximum atomic E-state index is 12.3. The molecule has 0 bridgehead atoms. The van der Waals surface area contributed by atoms with Gasteiger partial charge in [-0.25, -0.2) is 8.42 Å². The molecule has 0 aliphatic carbocycles. The van der Waals surface area contributed by atoms with E-state index in [9.17, 15) is 8.42 Å². The van der Waals surface area contributed by atoms with E-state index in [2.05, 4.69) is 13.8 Å². The molecule has 0 heterocycles. The Balaban J connectivity index is 2.19. The molecule has 0 spiro atoms. The third kappa shape index (κ3) is 9.06. The fraction of sp³-hybridized carbons (Fsp3) is 0.667. The topological polar surface area (TPSA) is 46.6 Å². The van der Waals surface area contributed by atoms with E-state index in [4.69, 9.17) is 4.74 Å². The van der Waals surface area contributed by atoms with Crippen molar-refractivity contribution < 1.29 is 13.2 Å². The molecule has 0 aliphatic rings. The van der Waals surface area contributed by atoms with Gasteiger partial charge >= 0.3 is 0 Å². The first-order chi connectivity index (χ1) is 11.3. The Morgan fingerprint density at radius 1 is 1.12 bits per heavy atom. The molecule has 24 heavy (non-hydrogen) atoms. The van der Waals surface area contributed by atoms with Gasteiger partial charge < -0.3 is 4.74 Å². The molecular weight excluding hydrogens is 342 g/mol. The summed E-state index contributed by atoms with van der Waals surface area (Å²) in [5.74, 6) is 1.19. The fourth-order valence-electron chi connectivity index (χ4n) is 2.13. The minimum atomic E-state index is -3.28. The lowest BCUT2D eigenvalue weighted by Gasteiger charge is -2.16. The molecule has 0 radical (unpaired) electrons. The van der Waals surface area contributed by atoms with Crippen molar-refractivity contribution >= 4 is 19.7 Å². The lowest BCUT2D eigenvalue weighted by atomic mass is 10.1. The predicted octanol–water partition coefficient (Wildman–Crippen LogP) is 4.15. The third-order valence-electron chi connectivity index (χ3n) is 3.64. The highest BCUT2D eigenvalue weighted by molar-refractivity contribution is 8.72. The highest BCUT2D eigenvalue weighted by atomic mass is 33.1. The van der Waals surface area contributed by atoms with Crippen LogP contribution in [0.25, 0.3) is 0 Å². The number of hydrogen-bond acceptors (Lipinski definition) is 5. The molecule has 0 amide bonds. The van der Waals surface area contributed by atoms with Gasteiger partial charge in [-0.15, -0.1) is 0 Å². The number of ether oxygens (including phenoxy) is 1. The van der Waals surface area contributed by atoms with Crippen molar-refractivity contribution in [2.45, 2.75) is 44.9 Å². The number of hydrogen-bond donors (Lipinski definition) is 0. The summed E-state index contributed by atoms with van der Waals surface area (Å²) in [4.78, 5) is 2.40. The van der Waals surface area contributed by atoms with Crippen LogP contribution in [0.5, 0.6) is 0 Å². The molecule has 0 aliphatic heterocycles. The highest BCUT2D eigenvalue weighted by Crippen LogP contribution is 2.23. The molecule has 0 saturated heterocycles. The van der Waals surface area contributed by atoms with E-state index in [-0.39, 0.29) is 0 Å². The summed E-state index contributed by atoms with van der Waals surface area (Å²) in [6.07, 6.45) is 3.23. The van der Waals surface area contributed by atoms with Crippen molar-refractivity contribution in [1.29, 1.82) is 0 Å². The summed E-state index contributed by atoms with van der Waals surface area (Å²) in [6.45, 7) is 8.77. The third-order valence-corrected chi connectivity index (χ3v) is 7.17. The summed E-state index contributed by atoms with van der Waals surface area (Å²) in [5.41, 5.74) is 1.06. The van der Waals surface area contributed by atoms with Crippen molar-refractivity contribution in [3.8, 4) is 0 Å². The molecular formula is C18H31NO3S2. The van der Waals surface area contributed by atoms with Crippen LogP contribution < -0.4 is 0 Å². The molecule has 0 atom stereocenters. The van der Waals surface area contributed by atoms with E-state index in [1.54, 1.807) is 12.1 Å². The first-order valence-electron chi connectivity index (χ1n) is 8.53. The highest BCUT2D eigenvalue weighted by Gasteiger charge is 2.15. The summed E-state index contributed by atoms with van der Waals surface area (Å²) in [6, 6.07) is 6.99. The Hall–Kier alpha value is -0.560. The summed E-state index contributed by atoms with van der Waals surface area (Å²) < 4.78 is 30.1. The predicted molar refractivity (Wildman–Crippen MR) is 103 cm³/mol. The van der Waals surface area contributed by atoms with Crippen LogP contribution in [0.4, 0.5) is 0 Å². The Labute approximate surface area is 151 Å². The van der Waals surface area contributed by atoms with Crippen LogP contribution >= 0.6 is 10.8 Å². The number of rotatable bonds is 12. The van der Waals surface area contributed by atoms with Crippen LogP contribution in [0.2, 0.25) is 0 Å². The van der Waals surface area contributed by atoms with Crippen molar-refractivity contribution in [2.24, 2.45) is 5.92 Å². The van der Waals surface area contributed by atoms with Gasteiger partial charge in [0.05, 0.1) is 10.8 Å². The van der Waals surface area contributed by atoms with E-state index in [1.807, 2.05) is 31.0 Å². The molecule has 0 unspecified atom stereocenters. The zero-order valence-corrected chi connectivity index (χ0v) is 17.0. The van der Waals surface area contributed by atoms with Gasteiger partial charge in [-0.2, -0.15) is 0 Å². The maximum absolute atomic E-state index is 12.3. The second-order valence-electron chi connectivity index (χ2n) is 6.60. The average molecular weight is 374 g/mol. The second-order valence-corrected chi connectivity index (χ2v) is 10.5. The maximum Gasteiger partial charge on any atom is 0.231 e. The van der Waals surface area contributed by atoms with Crippen molar-refractivity contribution in [3.63, 3.8) is 0 Å². The quantitative estimate of drug-likeness (QED) is 0.313. The Morgan fingerprint density at radius 3 is 2.38 bits per heavy atom. The van der Waals surface area contributed by atoms with Gasteiger partial charge in [0.25, 0.3) is 0 Å². The molecule has 4 nitrogen and oxygen atoms in total. The summed E-state index contributed by atoms with van der Waals surface area (Å²) in [5, 5.41) is 0. The van der Waals surface area contributed by atoms with E-state index >= 15 is 0 Å². The molecule has 0 fully saturated rings. The first kappa shape index (κ1) is 21.5. The van der Waals surface area contributed by atoms with Crippen molar-refractivity contribution in [1.82, 2.24) is 4.90 Å². The number of benzene rings is 1. The van der Waals surface area contributed by atoms with Crippen LogP contribution in [0.1, 0.15) is 38.7 Å². The summed E-state index contributed by atoms with van der Waals surface area (Å²) >= 11 is 0. The van der Waals surface area contributed by atoms with Gasteiger partial charge in [0.2, 0.25) is 8.87 Å². The van der Waals surface area contributed by atoms with Crippen LogP contribution in [0.3, 0.4) is 0 Å². The van der Waals surface area contributed by atoms with Crippen molar-refractivity contribution in [3.05, 3.63) is 29.8 Å². The Morgan fingerprint density at radius 2 is 1.75 bits per heavy atom. The number of aryl methyl sites for hydroxylation is 1. The minimum Gasteiger partial charge on any atom is -0.381 e. The van der Waals surface area contributed by atoms with Crippen LogP contribution in [-0.4, -0.2) is 46.0 Å². The SMILES string of the molecule is Cc1ccc(S(=O)(=O)SCN(C)CCCOCCCC(C)C)cc1. The molecule has 0 N–H and O–H groups in total. The van der Waals surface area contributed by atoms with Gasteiger partial charge in [0.15, 0.2) is 0 Å². The van der Waals surface area contributed by atoms with Crippen LogP contribution in [-0.2, 0) is 13.6 Å². The lowest BCUT2D eigenvalue weighted by molar-refractivity contribution is 0.119. The molecule has 138 valence electrons. The normalized spacial score (nSPS) is 12.2. The smallest absolute Gasteiger partial charge is 0.231 e. The van der Waals surface area contributed by atoms with Gasteiger partial charge in [0, 0.05) is 19.8 Å². The monoisotopic (exact) mass is 373 g/mol. The van der Waals surface area contributed by atoms with Crippen molar-refractivity contribution in [2.75, 3.05) is 32.7 Å². The van der Waals surface area contributed by atoms with Gasteiger partial charge in [-0.3, -0.25) is 4.90 Å². The molecule has 0 saturated carbocycles. The Bertz CT molecular complexity index is 556. The average Bonchev–Trinajstić information content (AvgIpc) is 2.52. The fourth-order valence-corrected chi connectivity index (χ4v) is 4.88. The zero-order chi connectivity index (χ0) is 18.0. The van der Waals surface area contributed by atoms with Crippen LogP contribution in [0.15, 0.2) is 29.2 Å². The first-order valence-corrected chi connectivity index (χ1v) is 11.5. The van der Waals surface area contributed by atoms with Gasteiger partial charge in [0.1, 0.15) is 0 Å². The Kier molecular flexibility index (Phi) is 9.96. The van der Waals surface area contributed by atoms with E-state index in [1.165, 1.54) is 6.42 Å². The van der Waals surface area contributed by atoms with Gasteiger partial charge in [-0.1, -0.05) is 31.5 Å². The van der Waals surface area contributed by atoms with E-state index in [0.717, 1.165) is 54.9 Å². The summed E-state index contributed by atoms with van der Waals surface area (Å²) in [7, 11) is -0.360. The molecule has 1 aromatic carbocycles. The molecule has 1 rings (SSSR count). The lowest BCUT2D eigenvalue weighted by Crippen LogP contribution is -2.21. The molecule has 6 heteroatoms. The van der Waals surface area contributed by atoms with E-state index in [0.29, 0.717) is 10.8 Å². The van der Waals surface area contributed by atoms with Crippen LogP contribution in [0, 0.1) is 12.8 Å². The zero-order valence-electron chi connectivity index (χ0n) is 15.3. The molecule has 0 aromatic heterocycles. The van der Waals surface area contributed by atoms with E-state index < -0.39 is 8.87 Å². The standard InChI is InChI=1S/C18H31NO3S2/c1-16(2)7-5-13-22-14-6-12-19(4)15-23-24(20,21)18-10-8-17(3)9-11-18/h8-11,16H,5-7,12-15H2,1-4H3. The largest absolute Gasteiger partial charge is 0.381 e. The minimum absolute atomic E-state index is 0.375.